The monoisotopic (exact) mass is 286 g/mol. The van der Waals surface area contributed by atoms with E-state index in [4.69, 9.17) is 0 Å². The van der Waals surface area contributed by atoms with Crippen molar-refractivity contribution >= 4 is 20.9 Å². The first-order valence-electron chi connectivity index (χ1n) is 5.42. The average Bonchev–Trinajstić information content (AvgIpc) is 2.06. The second-order valence-electron chi connectivity index (χ2n) is 3.53. The van der Waals surface area contributed by atoms with Crippen molar-refractivity contribution in [1.82, 2.24) is 0 Å². The molecule has 0 heterocycles. The number of unbranched alkanes of at least 4 members (excludes halogenated alkanes) is 3. The Bertz CT molecular complexity index is 71.1. The van der Waals surface area contributed by atoms with E-state index < -0.39 is 0 Å². The van der Waals surface area contributed by atoms with Crippen molar-refractivity contribution in [3.63, 3.8) is 0 Å². The molecule has 0 saturated heterocycles. The Morgan fingerprint density at radius 2 is 1.67 bits per heavy atom. The molecule has 0 bridgehead atoms. The van der Waals surface area contributed by atoms with Crippen molar-refractivity contribution in [3.8, 4) is 0 Å². The van der Waals surface area contributed by atoms with Gasteiger partial charge in [0.2, 0.25) is 0 Å². The van der Waals surface area contributed by atoms with Crippen LogP contribution in [0.4, 0.5) is 0 Å². The van der Waals surface area contributed by atoms with Gasteiger partial charge in [-0.1, -0.05) is 0 Å². The predicted octanol–water partition coefficient (Wildman–Crippen LogP) is 4.30. The average molecular weight is 284 g/mol. The van der Waals surface area contributed by atoms with Crippen molar-refractivity contribution < 1.29 is 0 Å². The molecule has 0 aliphatic heterocycles. The summed E-state index contributed by atoms with van der Waals surface area (Å²) in [4.78, 5) is 0. The fourth-order valence-corrected chi connectivity index (χ4v) is 4.59. The zero-order valence-electron chi connectivity index (χ0n) is 8.94. The molecule has 0 aromatic heterocycles. The Kier molecular flexibility index (Phi) is 10.5. The molecule has 1 unspecified atom stereocenters. The van der Waals surface area contributed by atoms with Crippen LogP contribution >= 0.6 is 0 Å². The van der Waals surface area contributed by atoms with Gasteiger partial charge in [0.1, 0.15) is 0 Å². The molecule has 0 spiro atoms. The van der Waals surface area contributed by atoms with Gasteiger partial charge in [0.15, 0.2) is 0 Å². The summed E-state index contributed by atoms with van der Waals surface area (Å²) in [7, 11) is 0. The molecule has 0 rings (SSSR count). The van der Waals surface area contributed by atoms with Gasteiger partial charge < -0.3 is 0 Å². The molecule has 0 radical (unpaired) electrons. The van der Waals surface area contributed by atoms with E-state index in [1.165, 1.54) is 38.5 Å². The van der Waals surface area contributed by atoms with Crippen LogP contribution in [0.5, 0.6) is 0 Å². The molecule has 12 heavy (non-hydrogen) atoms. The van der Waals surface area contributed by atoms with Gasteiger partial charge in [0, 0.05) is 0 Å². The molecule has 0 fully saturated rings. The number of hydrogen-bond acceptors (Lipinski definition) is 0. The summed E-state index contributed by atoms with van der Waals surface area (Å²) >= 11 is 0.371. The van der Waals surface area contributed by atoms with E-state index in [9.17, 15) is 0 Å². The molecule has 0 aliphatic carbocycles. The van der Waals surface area contributed by atoms with Crippen LogP contribution in [-0.2, 0) is 0 Å². The van der Waals surface area contributed by atoms with Gasteiger partial charge in [0.25, 0.3) is 0 Å². The standard InChI is InChI=1S/C11H24Te/c1-4-6-8-9-11(3)12-10-7-5-2/h11H,4-10H2,1-3H3. The maximum absolute atomic E-state index is 2.47. The quantitative estimate of drug-likeness (QED) is 0.460. The molecule has 0 nitrogen and oxygen atoms in total. The van der Waals surface area contributed by atoms with E-state index in [-0.39, 0.29) is 0 Å². The Morgan fingerprint density at radius 3 is 2.25 bits per heavy atom. The van der Waals surface area contributed by atoms with Gasteiger partial charge >= 0.3 is 88.7 Å². The third kappa shape index (κ3) is 8.88. The first-order valence-corrected chi connectivity index (χ1v) is 8.42. The molecular weight excluding hydrogens is 260 g/mol. The molecule has 74 valence electrons. The minimum absolute atomic E-state index is 0.371. The van der Waals surface area contributed by atoms with Gasteiger partial charge in [-0.2, -0.15) is 0 Å². The van der Waals surface area contributed by atoms with Gasteiger partial charge in [-0.05, 0) is 0 Å². The molecular formula is C11H24Te. The van der Waals surface area contributed by atoms with E-state index in [0.29, 0.717) is 20.9 Å². The van der Waals surface area contributed by atoms with Crippen molar-refractivity contribution in [1.29, 1.82) is 0 Å². The molecule has 0 aromatic carbocycles. The Balaban J connectivity index is 3.04. The molecule has 0 aliphatic rings. The topological polar surface area (TPSA) is 0 Å². The molecule has 0 saturated carbocycles. The summed E-state index contributed by atoms with van der Waals surface area (Å²) in [6, 6.07) is 0. The Hall–Kier alpha value is 0.790. The Labute approximate surface area is 88.6 Å². The molecule has 0 aromatic rings. The van der Waals surface area contributed by atoms with E-state index in [1.54, 1.807) is 4.47 Å². The van der Waals surface area contributed by atoms with Crippen molar-refractivity contribution in [2.24, 2.45) is 0 Å². The summed E-state index contributed by atoms with van der Waals surface area (Å²) in [6.07, 6.45) is 8.70. The summed E-state index contributed by atoms with van der Waals surface area (Å²) in [5.41, 5.74) is 0. The van der Waals surface area contributed by atoms with Crippen molar-refractivity contribution in [2.45, 2.75) is 67.7 Å². The van der Waals surface area contributed by atoms with Crippen LogP contribution < -0.4 is 0 Å². The van der Waals surface area contributed by atoms with Gasteiger partial charge in [-0.25, -0.2) is 0 Å². The summed E-state index contributed by atoms with van der Waals surface area (Å²) in [5, 5.41) is 0. The zero-order chi connectivity index (χ0) is 9.23. The van der Waals surface area contributed by atoms with Crippen LogP contribution in [0.2, 0.25) is 8.43 Å². The van der Waals surface area contributed by atoms with Crippen LogP contribution in [0.25, 0.3) is 0 Å². The fraction of sp³-hybridized carbons (Fsp3) is 1.00. The van der Waals surface area contributed by atoms with E-state index in [2.05, 4.69) is 20.8 Å². The van der Waals surface area contributed by atoms with Crippen molar-refractivity contribution in [2.75, 3.05) is 0 Å². The normalized spacial score (nSPS) is 13.2. The third-order valence-corrected chi connectivity index (χ3v) is 5.91. The van der Waals surface area contributed by atoms with Crippen LogP contribution in [-0.4, -0.2) is 20.9 Å². The first-order chi connectivity index (χ1) is 5.81. The molecule has 1 atom stereocenters. The molecule has 1 heteroatoms. The van der Waals surface area contributed by atoms with Crippen molar-refractivity contribution in [3.05, 3.63) is 0 Å². The van der Waals surface area contributed by atoms with Crippen LogP contribution in [0.15, 0.2) is 0 Å². The Morgan fingerprint density at radius 1 is 1.00 bits per heavy atom. The zero-order valence-corrected chi connectivity index (χ0v) is 11.3. The molecule has 0 N–H and O–H groups in total. The SMILES string of the molecule is CCCCCC(C)[Te]CCCC. The second-order valence-corrected chi connectivity index (χ2v) is 7.94. The van der Waals surface area contributed by atoms with E-state index in [0.717, 1.165) is 3.97 Å². The van der Waals surface area contributed by atoms with Crippen LogP contribution in [0.3, 0.4) is 0 Å². The number of hydrogen-bond donors (Lipinski definition) is 0. The summed E-state index contributed by atoms with van der Waals surface area (Å²) in [5.74, 6) is 0. The first kappa shape index (κ1) is 12.8. The fourth-order valence-electron chi connectivity index (χ4n) is 1.19. The third-order valence-electron chi connectivity index (χ3n) is 2.11. The second kappa shape index (κ2) is 9.87. The number of rotatable bonds is 8. The van der Waals surface area contributed by atoms with E-state index >= 15 is 0 Å². The van der Waals surface area contributed by atoms with Gasteiger partial charge in [-0.15, -0.1) is 0 Å². The van der Waals surface area contributed by atoms with Crippen LogP contribution in [0, 0.1) is 0 Å². The van der Waals surface area contributed by atoms with Gasteiger partial charge in [0.05, 0.1) is 0 Å². The predicted molar refractivity (Wildman–Crippen MR) is 59.0 cm³/mol. The summed E-state index contributed by atoms with van der Waals surface area (Å²) < 4.78 is 2.68. The van der Waals surface area contributed by atoms with E-state index in [1.807, 2.05) is 0 Å². The van der Waals surface area contributed by atoms with Gasteiger partial charge in [-0.3, -0.25) is 0 Å². The maximum atomic E-state index is 2.47. The minimum atomic E-state index is 0.371. The molecule has 0 amide bonds. The van der Waals surface area contributed by atoms with Crippen LogP contribution in [0.1, 0.15) is 59.3 Å². The summed E-state index contributed by atoms with van der Waals surface area (Å²) in [6.45, 7) is 7.06.